The summed E-state index contributed by atoms with van der Waals surface area (Å²) in [7, 11) is 1.27. The third-order valence-corrected chi connectivity index (χ3v) is 8.62. The van der Waals surface area contributed by atoms with Crippen molar-refractivity contribution < 1.29 is 51.9 Å². The highest BCUT2D eigenvalue weighted by molar-refractivity contribution is 7.16. The van der Waals surface area contributed by atoms with Crippen molar-refractivity contribution in [2.75, 3.05) is 7.11 Å². The summed E-state index contributed by atoms with van der Waals surface area (Å²) in [6, 6.07) is 1.73. The number of aromatic nitrogens is 1. The molecule has 0 radical (unpaired) electrons. The molecule has 248 valence electrons. The Morgan fingerprint density at radius 1 is 1.26 bits per heavy atom. The molecule has 1 aromatic heterocycles. The fraction of sp³-hybridized carbons (Fsp3) is 0.357. The van der Waals surface area contributed by atoms with E-state index in [-0.39, 0.29) is 38.4 Å². The van der Waals surface area contributed by atoms with Crippen LogP contribution in [0.5, 0.6) is 0 Å². The quantitative estimate of drug-likeness (QED) is 0.0955. The second-order valence-corrected chi connectivity index (χ2v) is 12.0. The molecule has 1 aliphatic heterocycles. The van der Waals surface area contributed by atoms with Gasteiger partial charge in [0.25, 0.3) is 0 Å². The maximum atomic E-state index is 15.0. The first-order valence-corrected chi connectivity index (χ1v) is 15.0. The van der Waals surface area contributed by atoms with E-state index in [1.165, 1.54) is 38.7 Å². The second-order valence-electron chi connectivity index (χ2n) is 10.3. The smallest absolute Gasteiger partial charge is 0.404 e. The summed E-state index contributed by atoms with van der Waals surface area (Å²) in [5.74, 6) is -3.08. The molecule has 46 heavy (non-hydrogen) atoms. The molecule has 0 aliphatic carbocycles. The molecule has 0 bridgehead atoms. The lowest BCUT2D eigenvalue weighted by Crippen LogP contribution is -2.92. The maximum absolute atomic E-state index is 15.0. The van der Waals surface area contributed by atoms with E-state index in [4.69, 9.17) is 43.8 Å². The van der Waals surface area contributed by atoms with Gasteiger partial charge in [-0.05, 0) is 26.0 Å². The summed E-state index contributed by atoms with van der Waals surface area (Å²) in [5, 5.41) is 30.5. The molecule has 3 aromatic rings. The Bertz CT molecular complexity index is 1720. The van der Waals surface area contributed by atoms with Gasteiger partial charge in [-0.2, -0.15) is 18.2 Å². The summed E-state index contributed by atoms with van der Waals surface area (Å²) in [6.45, 7) is 2.62. The van der Waals surface area contributed by atoms with E-state index in [0.717, 1.165) is 28.9 Å². The largest absolute Gasteiger partial charge is 0.422 e. The number of nitrogens with one attached hydrogen (secondary N) is 2. The lowest BCUT2D eigenvalue weighted by Gasteiger charge is -2.40. The Hall–Kier alpha value is -3.09. The molecule has 4 unspecified atom stereocenters. The number of alkyl halides is 3. The molecule has 2 heterocycles. The van der Waals surface area contributed by atoms with E-state index >= 15 is 4.39 Å². The third-order valence-electron chi connectivity index (χ3n) is 7.13. The molecule has 1 aliphatic rings. The molecule has 2 aromatic carbocycles. The van der Waals surface area contributed by atoms with Crippen LogP contribution in [0.25, 0.3) is 15.8 Å². The molecule has 0 saturated carbocycles. The minimum atomic E-state index is -4.87. The minimum absolute atomic E-state index is 0.0354. The maximum Gasteiger partial charge on any atom is 0.422 e. The fourth-order valence-corrected chi connectivity index (χ4v) is 6.08. The van der Waals surface area contributed by atoms with Crippen LogP contribution < -0.4 is 16.0 Å². The normalized spacial score (nSPS) is 23.8. The first-order valence-electron chi connectivity index (χ1n) is 13.4. The number of fused-ring (bicyclic) bond motifs is 1. The number of methoxy groups -OCH3 is 1. The van der Waals surface area contributed by atoms with Gasteiger partial charge in [-0.25, -0.2) is 18.8 Å². The van der Waals surface area contributed by atoms with Gasteiger partial charge in [0.05, 0.1) is 31.9 Å². The summed E-state index contributed by atoms with van der Waals surface area (Å²) in [5.41, 5.74) is 5.05. The molecular formula is C28H29Cl2F5N6O4S+2. The lowest BCUT2D eigenvalue weighted by molar-refractivity contribution is -0.543. The first-order chi connectivity index (χ1) is 21.6. The minimum Gasteiger partial charge on any atom is -0.404 e. The van der Waals surface area contributed by atoms with Gasteiger partial charge >= 0.3 is 6.18 Å². The van der Waals surface area contributed by atoms with Crippen molar-refractivity contribution in [3.8, 4) is 0 Å². The standard InChI is InChI=1S/C28H27Cl2F5N6O4S/c1-10(42)24-25(44-3)22(38-8-12(7-36)13-4-18-21(39-9-46-18)20(32)19(13)31)23(43)26(45-24)27(40-11(2)37)41-17-6-16(30)15(29)5-14(17)28(33,34)35/h4-10,22-26,42-43H,36H2,1-3H3,(H2,37,40,41)/p+2/b12-7+,38-8?/t10?,22?,23?,24?,25-,26-/m1/s1. The molecule has 8 N–H and O–H groups in total. The van der Waals surface area contributed by atoms with Crippen LogP contribution in [0.1, 0.15) is 25.0 Å². The van der Waals surface area contributed by atoms with Gasteiger partial charge < -0.3 is 25.4 Å². The van der Waals surface area contributed by atoms with Crippen LogP contribution in [0.4, 0.5) is 27.6 Å². The number of hydrogen-bond acceptors (Lipinski definition) is 8. The van der Waals surface area contributed by atoms with Crippen molar-refractivity contribution in [2.24, 2.45) is 10.7 Å². The zero-order chi connectivity index (χ0) is 34.1. The summed E-state index contributed by atoms with van der Waals surface area (Å²) in [4.78, 5) is 10.7. The fourth-order valence-electron chi connectivity index (χ4n) is 5.03. The number of rotatable bonds is 7. The second kappa shape index (κ2) is 14.4. The predicted octanol–water partition coefficient (Wildman–Crippen LogP) is 2.53. The number of halogens is 7. The Labute approximate surface area is 272 Å². The highest BCUT2D eigenvalue weighted by Gasteiger charge is 2.53. The average molecular weight is 712 g/mol. The Kier molecular flexibility index (Phi) is 11.2. The molecule has 18 heteroatoms. The number of aliphatic imine (C=N–C) groups is 1. The Balaban J connectivity index is 1.79. The van der Waals surface area contributed by atoms with Crippen LogP contribution in [0.3, 0.4) is 0 Å². The van der Waals surface area contributed by atoms with Crippen LogP contribution in [0.15, 0.2) is 34.9 Å². The van der Waals surface area contributed by atoms with Gasteiger partial charge in [0.15, 0.2) is 30.1 Å². The van der Waals surface area contributed by atoms with Gasteiger partial charge in [-0.1, -0.05) is 23.2 Å². The topological polar surface area (TPSA) is 165 Å². The molecule has 4 rings (SSSR count). The first kappa shape index (κ1) is 35.8. The van der Waals surface area contributed by atoms with Crippen molar-refractivity contribution in [2.45, 2.75) is 56.6 Å². The lowest BCUT2D eigenvalue weighted by atomic mass is 9.89. The number of allylic oxidation sites excluding steroid dienone is 1. The highest BCUT2D eigenvalue weighted by atomic mass is 35.5. The predicted molar refractivity (Wildman–Crippen MR) is 164 cm³/mol. The number of aliphatic hydroxyl groups excluding tert-OH is 2. The van der Waals surface area contributed by atoms with Crippen LogP contribution in [-0.4, -0.2) is 76.8 Å². The molecular weight excluding hydrogens is 682 g/mol. The van der Waals surface area contributed by atoms with Crippen molar-refractivity contribution in [3.63, 3.8) is 0 Å². The van der Waals surface area contributed by atoms with Gasteiger partial charge in [-0.15, -0.1) is 11.3 Å². The van der Waals surface area contributed by atoms with E-state index in [0.29, 0.717) is 10.8 Å². The van der Waals surface area contributed by atoms with Crippen LogP contribution in [0.2, 0.25) is 10.0 Å². The van der Waals surface area contributed by atoms with Crippen molar-refractivity contribution in [1.82, 2.24) is 4.98 Å². The number of aliphatic hydroxyl groups is 2. The SMILES string of the molecule is CO[C@@H]1C([NH+]=C/C(=C\N)c2cc3scnc3c(F)c2F)C(O)[C@H](C(=NC(C)=N)[NH2+]c2cc(Cl)c(Cl)cc2C(F)(F)F)OC1C(C)O. The van der Waals surface area contributed by atoms with Crippen molar-refractivity contribution in [1.29, 1.82) is 5.41 Å². The molecule has 0 amide bonds. The molecule has 0 spiro atoms. The number of ether oxygens (including phenoxy) is 2. The van der Waals surface area contributed by atoms with E-state index in [2.05, 4.69) is 15.0 Å². The van der Waals surface area contributed by atoms with Crippen LogP contribution >= 0.6 is 34.5 Å². The third kappa shape index (κ3) is 7.39. The van der Waals surface area contributed by atoms with Gasteiger partial charge in [0.2, 0.25) is 11.9 Å². The van der Waals surface area contributed by atoms with Gasteiger partial charge in [0, 0.05) is 24.9 Å². The molecule has 1 saturated heterocycles. The number of hydrogen-bond donors (Lipinski definition) is 6. The summed E-state index contributed by atoms with van der Waals surface area (Å²) >= 11 is 13.0. The van der Waals surface area contributed by atoms with E-state index < -0.39 is 65.6 Å². The number of benzene rings is 2. The number of quaternary nitrogens is 1. The van der Waals surface area contributed by atoms with Gasteiger partial charge in [-0.3, -0.25) is 10.7 Å². The zero-order valence-corrected chi connectivity index (χ0v) is 26.6. The molecule has 6 atom stereocenters. The van der Waals surface area contributed by atoms with Crippen molar-refractivity contribution in [3.05, 3.63) is 62.7 Å². The van der Waals surface area contributed by atoms with Crippen molar-refractivity contribution >= 4 is 73.9 Å². The average Bonchev–Trinajstić information content (AvgIpc) is 3.45. The van der Waals surface area contributed by atoms with Gasteiger partial charge in [0.1, 0.15) is 34.8 Å². The number of nitrogens with zero attached hydrogens (tertiary/aromatic N) is 2. The Morgan fingerprint density at radius 2 is 1.93 bits per heavy atom. The van der Waals surface area contributed by atoms with Crippen LogP contribution in [-0.2, 0) is 15.7 Å². The summed E-state index contributed by atoms with van der Waals surface area (Å²) in [6.07, 6.45) is -9.49. The number of amidine groups is 2. The zero-order valence-electron chi connectivity index (χ0n) is 24.2. The molecule has 1 fully saturated rings. The number of nitrogens with two attached hydrogens (primary N) is 2. The van der Waals surface area contributed by atoms with E-state index in [9.17, 15) is 27.8 Å². The monoisotopic (exact) mass is 710 g/mol. The number of thiazole rings is 1. The van der Waals surface area contributed by atoms with Crippen LogP contribution in [0, 0.1) is 17.0 Å². The summed E-state index contributed by atoms with van der Waals surface area (Å²) < 4.78 is 83.5. The van der Waals surface area contributed by atoms with E-state index in [1.54, 1.807) is 0 Å². The molecule has 10 nitrogen and oxygen atoms in total. The van der Waals surface area contributed by atoms with E-state index in [1.807, 2.05) is 0 Å². The highest BCUT2D eigenvalue weighted by Crippen LogP contribution is 2.38. The Morgan fingerprint density at radius 3 is 2.52 bits per heavy atom.